The molecule has 2 heterocycles. The van der Waals surface area contributed by atoms with Gasteiger partial charge in [-0.15, -0.1) is 34.9 Å². The van der Waals surface area contributed by atoms with Gasteiger partial charge in [-0.25, -0.2) is 0 Å². The fourth-order valence-electron chi connectivity index (χ4n) is 1.77. The summed E-state index contributed by atoms with van der Waals surface area (Å²) < 4.78 is 5.93. The lowest BCUT2D eigenvalue weighted by Gasteiger charge is -1.95. The Balaban J connectivity index is 2.68. The van der Waals surface area contributed by atoms with E-state index in [0.29, 0.717) is 0 Å². The third kappa shape index (κ3) is 3.18. The lowest BCUT2D eigenvalue weighted by molar-refractivity contribution is 1.36. The maximum absolute atomic E-state index is 9.09. The van der Waals surface area contributed by atoms with E-state index in [1.54, 1.807) is 58.4 Å². The second-order valence-corrected chi connectivity index (χ2v) is 9.55. The number of hydrogen-bond acceptors (Lipinski definition) is 7. The van der Waals surface area contributed by atoms with E-state index < -0.39 is 0 Å². The van der Waals surface area contributed by atoms with Crippen molar-refractivity contribution in [1.82, 2.24) is 0 Å². The van der Waals surface area contributed by atoms with Gasteiger partial charge in [-0.3, -0.25) is 0 Å². The Hall–Kier alpha value is -0.440. The average Bonchev–Trinajstić information content (AvgIpc) is 3.04. The Morgan fingerprint density at radius 2 is 1.48 bits per heavy atom. The van der Waals surface area contributed by atoms with Gasteiger partial charge in [0.2, 0.25) is 0 Å². The number of rotatable bonds is 2. The first-order valence-electron chi connectivity index (χ1n) is 5.90. The molecule has 0 saturated heterocycles. The molecule has 21 heavy (non-hydrogen) atoms. The van der Waals surface area contributed by atoms with Crippen LogP contribution in [0.5, 0.6) is 0 Å². The van der Waals surface area contributed by atoms with E-state index in [-0.39, 0.29) is 5.57 Å². The second kappa shape index (κ2) is 7.21. The molecule has 108 valence electrons. The summed E-state index contributed by atoms with van der Waals surface area (Å²) in [6.07, 6.45) is 4.19. The molecule has 1 aliphatic heterocycles. The van der Waals surface area contributed by atoms with E-state index in [1.807, 2.05) is 19.1 Å². The lowest BCUT2D eigenvalue weighted by Crippen LogP contribution is -2.01. The molecule has 0 amide bonds. The normalized spacial score (nSPS) is 14.3. The van der Waals surface area contributed by atoms with Crippen LogP contribution in [0.1, 0.15) is 11.1 Å². The Morgan fingerprint density at radius 1 is 0.952 bits per heavy atom. The maximum atomic E-state index is 9.09. The quantitative estimate of drug-likeness (QED) is 0.787. The van der Waals surface area contributed by atoms with E-state index >= 15 is 0 Å². The number of thioether (sulfide) groups is 4. The van der Waals surface area contributed by atoms with E-state index in [0.717, 1.165) is 10.1 Å². The van der Waals surface area contributed by atoms with Crippen LogP contribution in [0.2, 0.25) is 0 Å². The molecule has 1 aromatic rings. The molecule has 0 unspecified atom stereocenters. The molecular formula is C14H12N2S5. The van der Waals surface area contributed by atoms with Crippen molar-refractivity contribution < 1.29 is 0 Å². The standard InChI is InChI=1S/C14H12N2S5/c1-7-8(2)11(19-10(7)9(5-15)6-16)12-20-13(17-3)14(18-4)21-12/h1-4H3. The summed E-state index contributed by atoms with van der Waals surface area (Å²) in [4.78, 5) is 0. The van der Waals surface area contributed by atoms with Crippen LogP contribution in [-0.4, -0.2) is 12.5 Å². The van der Waals surface area contributed by atoms with Gasteiger partial charge >= 0.3 is 0 Å². The highest BCUT2D eigenvalue weighted by Gasteiger charge is 2.22. The molecule has 2 rings (SSSR count). The Bertz CT molecular complexity index is 783. The number of thiophene rings is 1. The summed E-state index contributed by atoms with van der Waals surface area (Å²) in [5.41, 5.74) is 2.43. The molecule has 0 radical (unpaired) electrons. The minimum Gasteiger partial charge on any atom is -0.192 e. The third-order valence-corrected chi connectivity index (χ3v) is 9.90. The van der Waals surface area contributed by atoms with Crippen LogP contribution in [-0.2, 0) is 0 Å². The molecule has 2 nitrogen and oxygen atoms in total. The molecule has 0 aliphatic carbocycles. The zero-order valence-electron chi connectivity index (χ0n) is 11.9. The van der Waals surface area contributed by atoms with Gasteiger partial charge < -0.3 is 0 Å². The number of nitriles is 2. The lowest BCUT2D eigenvalue weighted by atomic mass is 10.2. The molecule has 0 bridgehead atoms. The van der Waals surface area contributed by atoms with Crippen LogP contribution in [0.25, 0.3) is 9.81 Å². The maximum Gasteiger partial charge on any atom is 0.147 e. The average molecular weight is 369 g/mol. The van der Waals surface area contributed by atoms with Gasteiger partial charge in [0.1, 0.15) is 17.7 Å². The largest absolute Gasteiger partial charge is 0.192 e. The predicted octanol–water partition coefficient (Wildman–Crippen LogP) is 3.96. The van der Waals surface area contributed by atoms with Crippen molar-refractivity contribution in [3.05, 3.63) is 28.7 Å². The van der Waals surface area contributed by atoms with Crippen LogP contribution in [0.15, 0.2) is 8.47 Å². The fraction of sp³-hybridized carbons (Fsp3) is 0.286. The molecule has 0 aromatic carbocycles. The van der Waals surface area contributed by atoms with Crippen LogP contribution in [0, 0.1) is 36.5 Å². The third-order valence-electron chi connectivity index (χ3n) is 2.99. The van der Waals surface area contributed by atoms with Gasteiger partial charge in [0.15, 0.2) is 0 Å². The molecule has 0 atom stereocenters. The Kier molecular flexibility index (Phi) is 5.81. The van der Waals surface area contributed by atoms with E-state index in [1.165, 1.54) is 22.8 Å². The van der Waals surface area contributed by atoms with Gasteiger partial charge in [0, 0.05) is 0 Å². The van der Waals surface area contributed by atoms with Crippen LogP contribution in [0.4, 0.5) is 0 Å². The number of hydrogen-bond donors (Lipinski definition) is 0. The Labute approximate surface area is 145 Å². The fourth-order valence-corrected chi connectivity index (χ4v) is 8.34. The first-order valence-corrected chi connectivity index (χ1v) is 10.8. The highest BCUT2D eigenvalue weighted by Crippen LogP contribution is 2.56. The van der Waals surface area contributed by atoms with Crippen molar-refractivity contribution in [3.8, 4) is 12.1 Å². The van der Waals surface area contributed by atoms with E-state index in [9.17, 15) is 0 Å². The molecule has 0 N–H and O–H groups in total. The van der Waals surface area contributed by atoms with Crippen LogP contribution >= 0.6 is 58.4 Å². The summed E-state index contributed by atoms with van der Waals surface area (Å²) in [6.45, 7) is 4.06. The minimum absolute atomic E-state index is 0.212. The molecule has 0 saturated carbocycles. The van der Waals surface area contributed by atoms with Crippen molar-refractivity contribution in [3.63, 3.8) is 0 Å². The second-order valence-electron chi connectivity index (χ2n) is 4.08. The first kappa shape index (κ1) is 16.9. The predicted molar refractivity (Wildman–Crippen MR) is 100 cm³/mol. The smallest absolute Gasteiger partial charge is 0.147 e. The first-order chi connectivity index (χ1) is 10.1. The molecular weight excluding hydrogens is 357 g/mol. The van der Waals surface area contributed by atoms with Crippen molar-refractivity contribution >= 4 is 68.2 Å². The zero-order valence-corrected chi connectivity index (χ0v) is 16.0. The van der Waals surface area contributed by atoms with Crippen molar-refractivity contribution in [2.75, 3.05) is 12.5 Å². The summed E-state index contributed by atoms with van der Waals surface area (Å²) in [7, 11) is 0. The molecule has 0 spiro atoms. The summed E-state index contributed by atoms with van der Waals surface area (Å²) >= 11 is 8.69. The SMILES string of the molecule is CSC1=C(SC)SC(=c2sc(=C(C#N)C#N)c(C)c2C)S1. The van der Waals surface area contributed by atoms with Crippen molar-refractivity contribution in [1.29, 1.82) is 10.5 Å². The Morgan fingerprint density at radius 3 is 1.90 bits per heavy atom. The molecule has 7 heteroatoms. The number of nitrogens with zero attached hydrogens (tertiary/aromatic N) is 2. The molecule has 1 aromatic heterocycles. The monoisotopic (exact) mass is 368 g/mol. The van der Waals surface area contributed by atoms with Crippen LogP contribution in [0.3, 0.4) is 0 Å². The summed E-state index contributed by atoms with van der Waals surface area (Å²) in [6, 6.07) is 4.01. The van der Waals surface area contributed by atoms with Gasteiger partial charge in [-0.05, 0) is 37.5 Å². The molecule has 0 fully saturated rings. The van der Waals surface area contributed by atoms with Crippen molar-refractivity contribution in [2.24, 2.45) is 0 Å². The highest BCUT2D eigenvalue weighted by atomic mass is 32.3. The highest BCUT2D eigenvalue weighted by molar-refractivity contribution is 8.45. The summed E-state index contributed by atoms with van der Waals surface area (Å²) in [5, 5.41) is 18.2. The van der Waals surface area contributed by atoms with E-state index in [4.69, 9.17) is 10.5 Å². The van der Waals surface area contributed by atoms with Gasteiger partial charge in [-0.2, -0.15) is 10.5 Å². The zero-order chi connectivity index (χ0) is 15.6. The van der Waals surface area contributed by atoms with Gasteiger partial charge in [-0.1, -0.05) is 23.5 Å². The minimum atomic E-state index is 0.212. The summed E-state index contributed by atoms with van der Waals surface area (Å²) in [5.74, 6) is 0. The van der Waals surface area contributed by atoms with Crippen LogP contribution < -0.4 is 9.06 Å². The van der Waals surface area contributed by atoms with Crippen molar-refractivity contribution in [2.45, 2.75) is 13.8 Å². The topological polar surface area (TPSA) is 47.6 Å². The van der Waals surface area contributed by atoms with Gasteiger partial charge in [0.25, 0.3) is 0 Å². The van der Waals surface area contributed by atoms with E-state index in [2.05, 4.69) is 19.4 Å². The van der Waals surface area contributed by atoms with Gasteiger partial charge in [0.05, 0.1) is 21.8 Å². The molecule has 1 aliphatic rings.